The number of hydrogen-bond acceptors (Lipinski definition) is 5. The summed E-state index contributed by atoms with van der Waals surface area (Å²) in [7, 11) is 1.34. The summed E-state index contributed by atoms with van der Waals surface area (Å²) in [5.41, 5.74) is 3.22. The number of aromatic nitrogens is 3. The highest BCUT2D eigenvalue weighted by Crippen LogP contribution is 2.30. The molecule has 0 fully saturated rings. The third-order valence-corrected chi connectivity index (χ3v) is 4.50. The van der Waals surface area contributed by atoms with Gasteiger partial charge < -0.3 is 14.8 Å². The molecule has 0 saturated heterocycles. The fourth-order valence-corrected chi connectivity index (χ4v) is 2.92. The van der Waals surface area contributed by atoms with Crippen molar-refractivity contribution in [3.8, 4) is 22.8 Å². The molecule has 7 nitrogen and oxygen atoms in total. The van der Waals surface area contributed by atoms with Crippen molar-refractivity contribution in [3.63, 3.8) is 0 Å². The molecule has 10 heteroatoms. The van der Waals surface area contributed by atoms with Gasteiger partial charge in [-0.2, -0.15) is 18.3 Å². The number of anilines is 1. The summed E-state index contributed by atoms with van der Waals surface area (Å²) in [6, 6.07) is 8.23. The lowest BCUT2D eigenvalue weighted by molar-refractivity contribution is -0.153. The number of aromatic amines is 1. The second-order valence-electron chi connectivity index (χ2n) is 6.75. The van der Waals surface area contributed by atoms with E-state index in [2.05, 4.69) is 20.5 Å². The van der Waals surface area contributed by atoms with Crippen molar-refractivity contribution in [1.82, 2.24) is 15.2 Å². The van der Waals surface area contributed by atoms with Gasteiger partial charge in [-0.05, 0) is 43.2 Å². The topological polar surface area (TPSA) is 89.1 Å². The van der Waals surface area contributed by atoms with Crippen LogP contribution in [0.25, 0.3) is 11.3 Å². The first kappa shape index (κ1) is 22.1. The normalized spacial score (nSPS) is 11.3. The van der Waals surface area contributed by atoms with E-state index < -0.39 is 12.8 Å². The summed E-state index contributed by atoms with van der Waals surface area (Å²) in [4.78, 5) is 16.3. The highest BCUT2D eigenvalue weighted by Gasteiger charge is 2.29. The van der Waals surface area contributed by atoms with Crippen molar-refractivity contribution in [2.24, 2.45) is 0 Å². The summed E-state index contributed by atoms with van der Waals surface area (Å²) < 4.78 is 46.9. The zero-order valence-electron chi connectivity index (χ0n) is 16.9. The molecule has 2 N–H and O–H groups in total. The second kappa shape index (κ2) is 9.50. The van der Waals surface area contributed by atoms with Gasteiger partial charge >= 0.3 is 6.18 Å². The lowest BCUT2D eigenvalue weighted by atomic mass is 10.1. The molecule has 3 rings (SSSR count). The Hall–Kier alpha value is -3.56. The maximum atomic E-state index is 12.4. The Morgan fingerprint density at radius 3 is 2.58 bits per heavy atom. The molecule has 31 heavy (non-hydrogen) atoms. The van der Waals surface area contributed by atoms with Crippen LogP contribution < -0.4 is 14.8 Å². The van der Waals surface area contributed by atoms with Crippen molar-refractivity contribution < 1.29 is 27.4 Å². The number of nitrogens with one attached hydrogen (secondary N) is 2. The van der Waals surface area contributed by atoms with Crippen LogP contribution >= 0.6 is 0 Å². The van der Waals surface area contributed by atoms with E-state index in [-0.39, 0.29) is 23.8 Å². The van der Waals surface area contributed by atoms with Crippen LogP contribution in [0.4, 0.5) is 19.0 Å². The molecule has 0 aliphatic heterocycles. The number of nitrogens with zero attached hydrogens (tertiary/aromatic N) is 2. The van der Waals surface area contributed by atoms with E-state index in [0.29, 0.717) is 12.2 Å². The molecular weight excluding hydrogens is 413 g/mol. The number of pyridine rings is 1. The molecule has 1 aromatic carbocycles. The molecule has 1 amide bonds. The molecule has 0 atom stereocenters. The van der Waals surface area contributed by atoms with Gasteiger partial charge in [0.2, 0.25) is 5.91 Å². The quantitative estimate of drug-likeness (QED) is 0.552. The van der Waals surface area contributed by atoms with Crippen LogP contribution in [0.1, 0.15) is 17.5 Å². The first-order valence-corrected chi connectivity index (χ1v) is 9.38. The summed E-state index contributed by atoms with van der Waals surface area (Å²) >= 11 is 0. The predicted molar refractivity (Wildman–Crippen MR) is 108 cm³/mol. The van der Waals surface area contributed by atoms with Crippen LogP contribution in [-0.2, 0) is 11.2 Å². The predicted octanol–water partition coefficient (Wildman–Crippen LogP) is 4.30. The third kappa shape index (κ3) is 5.97. The molecule has 3 aromatic rings. The van der Waals surface area contributed by atoms with Gasteiger partial charge in [-0.25, -0.2) is 0 Å². The Labute approximate surface area is 176 Å². The van der Waals surface area contributed by atoms with E-state index in [4.69, 9.17) is 9.47 Å². The number of methoxy groups -OCH3 is 1. The number of amides is 1. The first-order chi connectivity index (χ1) is 14.8. The van der Waals surface area contributed by atoms with Gasteiger partial charge in [0.25, 0.3) is 0 Å². The molecule has 0 aliphatic rings. The van der Waals surface area contributed by atoms with Crippen molar-refractivity contribution in [3.05, 3.63) is 53.9 Å². The largest absolute Gasteiger partial charge is 0.493 e. The lowest BCUT2D eigenvalue weighted by Crippen LogP contribution is -2.19. The number of hydrogen-bond donors (Lipinski definition) is 2. The molecule has 0 saturated carbocycles. The fraction of sp³-hybridized carbons (Fsp3) is 0.286. The Morgan fingerprint density at radius 1 is 1.16 bits per heavy atom. The maximum absolute atomic E-state index is 12.4. The standard InChI is InChI=1S/C21H21F3N4O3/c1-13-19(15-7-9-25-10-8-15)27-28-20(13)26-18(29)6-4-14-3-5-16(17(11-14)30-2)31-12-21(22,23)24/h3,5,7-11H,4,6,12H2,1-2H3,(H2,26,27,28,29). The van der Waals surface area contributed by atoms with Crippen molar-refractivity contribution in [1.29, 1.82) is 0 Å². The average Bonchev–Trinajstić information content (AvgIpc) is 3.11. The van der Waals surface area contributed by atoms with Crippen LogP contribution in [0, 0.1) is 6.92 Å². The van der Waals surface area contributed by atoms with Crippen LogP contribution in [0.2, 0.25) is 0 Å². The number of benzene rings is 1. The molecule has 2 heterocycles. The van der Waals surface area contributed by atoms with Crippen LogP contribution in [0.5, 0.6) is 11.5 Å². The molecule has 0 radical (unpaired) electrons. The van der Waals surface area contributed by atoms with E-state index in [0.717, 1.165) is 22.4 Å². The number of H-pyrrole nitrogens is 1. The Balaban J connectivity index is 1.59. The number of ether oxygens (including phenoxy) is 2. The SMILES string of the molecule is COc1cc(CCC(=O)Nc2n[nH]c(-c3ccncc3)c2C)ccc1OCC(F)(F)F. The Morgan fingerprint density at radius 2 is 1.90 bits per heavy atom. The highest BCUT2D eigenvalue weighted by atomic mass is 19.4. The molecule has 0 aliphatic carbocycles. The summed E-state index contributed by atoms with van der Waals surface area (Å²) in [6.45, 7) is 0.440. The van der Waals surface area contributed by atoms with E-state index >= 15 is 0 Å². The van der Waals surface area contributed by atoms with E-state index in [9.17, 15) is 18.0 Å². The second-order valence-corrected chi connectivity index (χ2v) is 6.75. The van der Waals surface area contributed by atoms with Crippen molar-refractivity contribution in [2.45, 2.75) is 25.9 Å². The van der Waals surface area contributed by atoms with Gasteiger partial charge in [0.1, 0.15) is 0 Å². The molecule has 0 bridgehead atoms. The van der Waals surface area contributed by atoms with Crippen molar-refractivity contribution >= 4 is 11.7 Å². The van der Waals surface area contributed by atoms with Gasteiger partial charge in [-0.1, -0.05) is 6.07 Å². The first-order valence-electron chi connectivity index (χ1n) is 9.38. The zero-order valence-corrected chi connectivity index (χ0v) is 16.9. The number of carbonyl (C=O) groups is 1. The molecular formula is C21H21F3N4O3. The van der Waals surface area contributed by atoms with Gasteiger partial charge in [0, 0.05) is 29.9 Å². The summed E-state index contributed by atoms with van der Waals surface area (Å²) in [6.07, 6.45) is -0.585. The summed E-state index contributed by atoms with van der Waals surface area (Å²) in [5.74, 6) is 0.355. The maximum Gasteiger partial charge on any atom is 0.422 e. The monoisotopic (exact) mass is 434 g/mol. The van der Waals surface area contributed by atoms with Crippen LogP contribution in [0.3, 0.4) is 0 Å². The minimum atomic E-state index is -4.44. The number of carbonyl (C=O) groups excluding carboxylic acids is 1. The van der Waals surface area contributed by atoms with Gasteiger partial charge in [0.05, 0.1) is 12.8 Å². The van der Waals surface area contributed by atoms with E-state index in [1.54, 1.807) is 24.5 Å². The smallest absolute Gasteiger partial charge is 0.422 e. The molecule has 164 valence electrons. The van der Waals surface area contributed by atoms with Crippen LogP contribution in [-0.4, -0.2) is 41.0 Å². The van der Waals surface area contributed by atoms with E-state index in [1.807, 2.05) is 19.1 Å². The van der Waals surface area contributed by atoms with E-state index in [1.165, 1.54) is 13.2 Å². The molecule has 0 spiro atoms. The fourth-order valence-electron chi connectivity index (χ4n) is 2.92. The lowest BCUT2D eigenvalue weighted by Gasteiger charge is -2.13. The zero-order chi connectivity index (χ0) is 22.4. The number of rotatable bonds is 8. The van der Waals surface area contributed by atoms with Gasteiger partial charge in [0.15, 0.2) is 23.9 Å². The minimum Gasteiger partial charge on any atom is -0.493 e. The molecule has 0 unspecified atom stereocenters. The Kier molecular flexibility index (Phi) is 6.78. The third-order valence-electron chi connectivity index (χ3n) is 4.50. The number of aryl methyl sites for hydroxylation is 1. The summed E-state index contributed by atoms with van der Waals surface area (Å²) in [5, 5.41) is 9.84. The molecule has 2 aromatic heterocycles. The highest BCUT2D eigenvalue weighted by molar-refractivity contribution is 5.91. The van der Waals surface area contributed by atoms with Crippen molar-refractivity contribution in [2.75, 3.05) is 19.0 Å². The van der Waals surface area contributed by atoms with Gasteiger partial charge in [-0.15, -0.1) is 0 Å². The van der Waals surface area contributed by atoms with Gasteiger partial charge in [-0.3, -0.25) is 14.9 Å². The average molecular weight is 434 g/mol. The Bertz CT molecular complexity index is 1040. The minimum absolute atomic E-state index is 0.0104. The number of alkyl halides is 3. The van der Waals surface area contributed by atoms with Crippen LogP contribution in [0.15, 0.2) is 42.7 Å². The number of halogens is 3.